The number of hydrogen-bond acceptors (Lipinski definition) is 5. The summed E-state index contributed by atoms with van der Waals surface area (Å²) in [4.78, 5) is 11.9. The number of nitrogens with one attached hydrogen (secondary N) is 1. The maximum Gasteiger partial charge on any atom is 0.277 e. The molecule has 0 unspecified atom stereocenters. The highest BCUT2D eigenvalue weighted by molar-refractivity contribution is 9.10. The average molecular weight is 469 g/mol. The van der Waals surface area contributed by atoms with E-state index in [4.69, 9.17) is 14.2 Å². The topological polar surface area (TPSA) is 69.2 Å². The van der Waals surface area contributed by atoms with Crippen molar-refractivity contribution in [3.63, 3.8) is 0 Å². The Balaban J connectivity index is 1.44. The fraction of sp³-hybridized carbons (Fsp3) is 0.130. The summed E-state index contributed by atoms with van der Waals surface area (Å²) >= 11 is 3.39. The van der Waals surface area contributed by atoms with E-state index in [0.29, 0.717) is 18.1 Å². The number of amides is 1. The summed E-state index contributed by atoms with van der Waals surface area (Å²) in [5.74, 6) is 1.57. The molecule has 0 atom stereocenters. The number of carbonyl (C=O) groups is 1. The Labute approximate surface area is 183 Å². The monoisotopic (exact) mass is 468 g/mol. The third-order valence-corrected chi connectivity index (χ3v) is 4.52. The molecule has 3 aromatic rings. The molecule has 0 saturated heterocycles. The van der Waals surface area contributed by atoms with E-state index in [0.717, 1.165) is 21.3 Å². The molecule has 1 N–H and O–H groups in total. The van der Waals surface area contributed by atoms with Gasteiger partial charge in [-0.05, 0) is 48.0 Å². The van der Waals surface area contributed by atoms with Gasteiger partial charge in [-0.15, -0.1) is 0 Å². The summed E-state index contributed by atoms with van der Waals surface area (Å²) in [7, 11) is 1.57. The molecule has 30 heavy (non-hydrogen) atoms. The molecule has 0 heterocycles. The Kier molecular flexibility index (Phi) is 7.86. The second-order valence-corrected chi connectivity index (χ2v) is 7.13. The highest BCUT2D eigenvalue weighted by Crippen LogP contribution is 2.21. The van der Waals surface area contributed by atoms with Gasteiger partial charge in [-0.3, -0.25) is 4.79 Å². The van der Waals surface area contributed by atoms with Crippen LogP contribution in [-0.2, 0) is 11.4 Å². The van der Waals surface area contributed by atoms with Crippen molar-refractivity contribution in [3.8, 4) is 17.2 Å². The number of methoxy groups -OCH3 is 1. The van der Waals surface area contributed by atoms with Crippen LogP contribution in [0, 0.1) is 0 Å². The number of nitrogens with zero attached hydrogens (tertiary/aromatic N) is 1. The van der Waals surface area contributed by atoms with Crippen LogP contribution in [-0.4, -0.2) is 25.8 Å². The van der Waals surface area contributed by atoms with Crippen molar-refractivity contribution in [1.29, 1.82) is 0 Å². The van der Waals surface area contributed by atoms with Gasteiger partial charge < -0.3 is 14.2 Å². The van der Waals surface area contributed by atoms with Crippen LogP contribution < -0.4 is 19.6 Å². The number of hydrazone groups is 1. The van der Waals surface area contributed by atoms with Crippen molar-refractivity contribution in [3.05, 3.63) is 88.4 Å². The van der Waals surface area contributed by atoms with Crippen LogP contribution >= 0.6 is 15.9 Å². The summed E-state index contributed by atoms with van der Waals surface area (Å²) in [5.41, 5.74) is 4.26. The minimum Gasteiger partial charge on any atom is -0.496 e. The second-order valence-electron chi connectivity index (χ2n) is 6.21. The average Bonchev–Trinajstić information content (AvgIpc) is 2.78. The maximum absolute atomic E-state index is 11.9. The van der Waals surface area contributed by atoms with E-state index in [1.54, 1.807) is 31.4 Å². The summed E-state index contributed by atoms with van der Waals surface area (Å²) in [6, 6.07) is 22.5. The van der Waals surface area contributed by atoms with Crippen LogP contribution in [0.25, 0.3) is 0 Å². The van der Waals surface area contributed by atoms with E-state index in [-0.39, 0.29) is 12.5 Å². The van der Waals surface area contributed by atoms with Gasteiger partial charge in [0, 0.05) is 10.0 Å². The number of halogens is 1. The van der Waals surface area contributed by atoms with Crippen LogP contribution in [0.5, 0.6) is 17.2 Å². The van der Waals surface area contributed by atoms with E-state index < -0.39 is 0 Å². The maximum atomic E-state index is 11.9. The van der Waals surface area contributed by atoms with E-state index in [2.05, 4.69) is 26.5 Å². The molecular weight excluding hydrogens is 448 g/mol. The first-order chi connectivity index (χ1) is 14.6. The first kappa shape index (κ1) is 21.4. The molecule has 0 bridgehead atoms. The van der Waals surface area contributed by atoms with Gasteiger partial charge in [-0.2, -0.15) is 5.10 Å². The largest absolute Gasteiger partial charge is 0.496 e. The van der Waals surface area contributed by atoms with Crippen LogP contribution in [0.3, 0.4) is 0 Å². The summed E-state index contributed by atoms with van der Waals surface area (Å²) < 4.78 is 17.3. The van der Waals surface area contributed by atoms with Crippen molar-refractivity contribution in [2.75, 3.05) is 13.7 Å². The normalized spacial score (nSPS) is 10.6. The first-order valence-electron chi connectivity index (χ1n) is 9.19. The fourth-order valence-electron chi connectivity index (χ4n) is 2.53. The van der Waals surface area contributed by atoms with Crippen molar-refractivity contribution < 1.29 is 19.0 Å². The van der Waals surface area contributed by atoms with Gasteiger partial charge in [-0.25, -0.2) is 5.43 Å². The predicted octanol–water partition coefficient (Wildman–Crippen LogP) is 4.57. The van der Waals surface area contributed by atoms with Crippen LogP contribution in [0.15, 0.2) is 82.4 Å². The zero-order valence-electron chi connectivity index (χ0n) is 16.4. The second kappa shape index (κ2) is 11.0. The summed E-state index contributed by atoms with van der Waals surface area (Å²) in [5, 5.41) is 3.95. The molecule has 0 saturated carbocycles. The Morgan fingerprint density at radius 1 is 1.00 bits per heavy atom. The molecule has 0 radical (unpaired) electrons. The van der Waals surface area contributed by atoms with Gasteiger partial charge in [-0.1, -0.05) is 46.3 Å². The molecule has 0 aromatic heterocycles. The van der Waals surface area contributed by atoms with Crippen LogP contribution in [0.4, 0.5) is 0 Å². The molecule has 6 nitrogen and oxygen atoms in total. The Morgan fingerprint density at radius 2 is 1.70 bits per heavy atom. The Bertz CT molecular complexity index is 992. The molecule has 0 spiro atoms. The third kappa shape index (κ3) is 6.63. The minimum atomic E-state index is -0.371. The number of carbonyl (C=O) groups excluding carboxylic acids is 1. The molecule has 0 aliphatic rings. The number of ether oxygens (including phenoxy) is 3. The standard InChI is InChI=1S/C23H21BrN2O4/c1-28-22-12-7-19(24)13-18(22)14-25-26-23(27)16-30-21-10-8-20(9-11-21)29-15-17-5-3-2-4-6-17/h2-14H,15-16H2,1H3,(H,26,27)/b25-14+. The molecule has 3 aromatic carbocycles. The van der Waals surface area contributed by atoms with Gasteiger partial charge in [0.15, 0.2) is 6.61 Å². The van der Waals surface area contributed by atoms with E-state index in [9.17, 15) is 4.79 Å². The Morgan fingerprint density at radius 3 is 2.40 bits per heavy atom. The molecular formula is C23H21BrN2O4. The highest BCUT2D eigenvalue weighted by Gasteiger charge is 2.04. The van der Waals surface area contributed by atoms with Crippen molar-refractivity contribution >= 4 is 28.1 Å². The lowest BCUT2D eigenvalue weighted by atomic mass is 10.2. The van der Waals surface area contributed by atoms with Gasteiger partial charge >= 0.3 is 0 Å². The lowest BCUT2D eigenvalue weighted by molar-refractivity contribution is -0.123. The van der Waals surface area contributed by atoms with Gasteiger partial charge in [0.25, 0.3) is 5.91 Å². The zero-order valence-corrected chi connectivity index (χ0v) is 18.0. The van der Waals surface area contributed by atoms with E-state index in [1.165, 1.54) is 6.21 Å². The van der Waals surface area contributed by atoms with Crippen LogP contribution in [0.2, 0.25) is 0 Å². The molecule has 0 fully saturated rings. The number of benzene rings is 3. The van der Waals surface area contributed by atoms with Crippen LogP contribution in [0.1, 0.15) is 11.1 Å². The molecule has 1 amide bonds. The minimum absolute atomic E-state index is 0.156. The zero-order chi connectivity index (χ0) is 21.2. The fourth-order valence-corrected chi connectivity index (χ4v) is 2.91. The van der Waals surface area contributed by atoms with Gasteiger partial charge in [0.05, 0.1) is 13.3 Å². The van der Waals surface area contributed by atoms with E-state index in [1.807, 2.05) is 48.5 Å². The molecule has 3 rings (SSSR count). The van der Waals surface area contributed by atoms with Crippen molar-refractivity contribution in [2.24, 2.45) is 5.10 Å². The predicted molar refractivity (Wildman–Crippen MR) is 119 cm³/mol. The summed E-state index contributed by atoms with van der Waals surface area (Å²) in [6.45, 7) is 0.335. The van der Waals surface area contributed by atoms with Gasteiger partial charge in [0.1, 0.15) is 23.9 Å². The van der Waals surface area contributed by atoms with Crippen molar-refractivity contribution in [2.45, 2.75) is 6.61 Å². The SMILES string of the molecule is COc1ccc(Br)cc1/C=N/NC(=O)COc1ccc(OCc2ccccc2)cc1. The lowest BCUT2D eigenvalue weighted by Crippen LogP contribution is -2.24. The first-order valence-corrected chi connectivity index (χ1v) is 9.98. The quantitative estimate of drug-likeness (QED) is 0.369. The molecule has 154 valence electrons. The number of rotatable bonds is 9. The molecule has 7 heteroatoms. The smallest absolute Gasteiger partial charge is 0.277 e. The van der Waals surface area contributed by atoms with Crippen molar-refractivity contribution in [1.82, 2.24) is 5.43 Å². The van der Waals surface area contributed by atoms with E-state index >= 15 is 0 Å². The number of hydrogen-bond donors (Lipinski definition) is 1. The van der Waals surface area contributed by atoms with Gasteiger partial charge in [0.2, 0.25) is 0 Å². The Hall–Kier alpha value is -3.32. The summed E-state index contributed by atoms with van der Waals surface area (Å²) in [6.07, 6.45) is 1.51. The molecule has 0 aliphatic carbocycles. The lowest BCUT2D eigenvalue weighted by Gasteiger charge is -2.08. The third-order valence-electron chi connectivity index (χ3n) is 4.03. The highest BCUT2D eigenvalue weighted by atomic mass is 79.9. The molecule has 0 aliphatic heterocycles.